The summed E-state index contributed by atoms with van der Waals surface area (Å²) in [7, 11) is 0. The quantitative estimate of drug-likeness (QED) is 0.608. The zero-order chi connectivity index (χ0) is 21.7. The molecule has 3 rings (SSSR count). The van der Waals surface area contributed by atoms with E-state index >= 15 is 0 Å². The molecule has 0 aliphatic carbocycles. The maximum absolute atomic E-state index is 13.2. The highest BCUT2D eigenvalue weighted by molar-refractivity contribution is 5.90. The van der Waals surface area contributed by atoms with E-state index in [1.165, 1.54) is 18.2 Å². The van der Waals surface area contributed by atoms with Crippen molar-refractivity contribution in [1.29, 1.82) is 0 Å². The van der Waals surface area contributed by atoms with Crippen molar-refractivity contribution in [3.05, 3.63) is 94.2 Å². The van der Waals surface area contributed by atoms with Crippen LogP contribution in [-0.4, -0.2) is 10.5 Å². The molecule has 0 saturated heterocycles. The van der Waals surface area contributed by atoms with Crippen molar-refractivity contribution in [3.63, 3.8) is 0 Å². The van der Waals surface area contributed by atoms with E-state index in [4.69, 9.17) is 4.74 Å². The number of alkyl halides is 3. The number of benzene rings is 2. The highest BCUT2D eigenvalue weighted by Gasteiger charge is 2.31. The van der Waals surface area contributed by atoms with Gasteiger partial charge in [0.15, 0.2) is 0 Å². The number of nitrogens with zero attached hydrogens (tertiary/aromatic N) is 1. The molecule has 9 heteroatoms. The Balaban J connectivity index is 1.65. The second kappa shape index (κ2) is 8.81. The molecule has 0 aliphatic heterocycles. The van der Waals surface area contributed by atoms with Gasteiger partial charge in [-0.3, -0.25) is 9.59 Å². The summed E-state index contributed by atoms with van der Waals surface area (Å²) >= 11 is 0. The number of amides is 1. The van der Waals surface area contributed by atoms with E-state index in [0.717, 1.165) is 6.07 Å². The molecule has 1 aromatic heterocycles. The molecule has 156 valence electrons. The lowest BCUT2D eigenvalue weighted by molar-refractivity contribution is -0.138. The van der Waals surface area contributed by atoms with E-state index in [9.17, 15) is 27.2 Å². The van der Waals surface area contributed by atoms with Crippen LogP contribution in [0.3, 0.4) is 0 Å². The first-order valence-corrected chi connectivity index (χ1v) is 8.75. The van der Waals surface area contributed by atoms with E-state index in [2.05, 4.69) is 5.32 Å². The number of rotatable bonds is 6. The molecule has 1 heterocycles. The third-order valence-electron chi connectivity index (χ3n) is 4.04. The van der Waals surface area contributed by atoms with Gasteiger partial charge in [0, 0.05) is 24.0 Å². The predicted octanol–water partition coefficient (Wildman–Crippen LogP) is 4.22. The molecule has 1 N–H and O–H groups in total. The summed E-state index contributed by atoms with van der Waals surface area (Å²) in [5.74, 6) is -0.758. The SMILES string of the molecule is O=C(Cn1cc(C(F)(F)F)ccc1=O)Nc1cccc(COc2cccc(F)c2)c1. The van der Waals surface area contributed by atoms with Gasteiger partial charge >= 0.3 is 6.18 Å². The van der Waals surface area contributed by atoms with Crippen molar-refractivity contribution in [3.8, 4) is 5.75 Å². The molecule has 0 aliphatic rings. The summed E-state index contributed by atoms with van der Waals surface area (Å²) in [6.45, 7) is -0.465. The molecule has 2 aromatic carbocycles. The molecule has 0 bridgehead atoms. The van der Waals surface area contributed by atoms with Crippen molar-refractivity contribution >= 4 is 11.6 Å². The number of halogens is 4. The van der Waals surface area contributed by atoms with E-state index in [-0.39, 0.29) is 6.61 Å². The number of carbonyl (C=O) groups excluding carboxylic acids is 1. The Morgan fingerprint density at radius 2 is 1.80 bits per heavy atom. The highest BCUT2D eigenvalue weighted by atomic mass is 19.4. The van der Waals surface area contributed by atoms with Gasteiger partial charge < -0.3 is 14.6 Å². The van der Waals surface area contributed by atoms with Gasteiger partial charge in [0.2, 0.25) is 5.91 Å². The van der Waals surface area contributed by atoms with E-state index < -0.39 is 35.6 Å². The molecule has 0 saturated carbocycles. The fourth-order valence-electron chi connectivity index (χ4n) is 2.64. The number of hydrogen-bond acceptors (Lipinski definition) is 3. The fourth-order valence-corrected chi connectivity index (χ4v) is 2.64. The zero-order valence-corrected chi connectivity index (χ0v) is 15.4. The Kier molecular flexibility index (Phi) is 6.20. The first kappa shape index (κ1) is 21.1. The van der Waals surface area contributed by atoms with Gasteiger partial charge in [-0.05, 0) is 35.9 Å². The smallest absolute Gasteiger partial charge is 0.417 e. The summed E-state index contributed by atoms with van der Waals surface area (Å²) in [4.78, 5) is 24.0. The number of carbonyl (C=O) groups is 1. The van der Waals surface area contributed by atoms with Crippen molar-refractivity contribution in [1.82, 2.24) is 4.57 Å². The summed E-state index contributed by atoms with van der Waals surface area (Å²) in [6, 6.07) is 13.6. The minimum atomic E-state index is -4.62. The van der Waals surface area contributed by atoms with Crippen LogP contribution in [-0.2, 0) is 24.1 Å². The van der Waals surface area contributed by atoms with Crippen LogP contribution in [0.25, 0.3) is 0 Å². The molecule has 0 unspecified atom stereocenters. The van der Waals surface area contributed by atoms with Crippen LogP contribution in [0.1, 0.15) is 11.1 Å². The second-order valence-electron chi connectivity index (χ2n) is 6.38. The maximum atomic E-state index is 13.2. The van der Waals surface area contributed by atoms with Crippen LogP contribution in [0.15, 0.2) is 71.7 Å². The average molecular weight is 420 g/mol. The molecular weight excluding hydrogens is 404 g/mol. The Hall–Kier alpha value is -3.62. The van der Waals surface area contributed by atoms with Crippen molar-refractivity contribution < 1.29 is 27.1 Å². The molecule has 3 aromatic rings. The van der Waals surface area contributed by atoms with Gasteiger partial charge in [-0.1, -0.05) is 18.2 Å². The largest absolute Gasteiger partial charge is 0.489 e. The fraction of sp³-hybridized carbons (Fsp3) is 0.143. The molecule has 30 heavy (non-hydrogen) atoms. The lowest BCUT2D eigenvalue weighted by Gasteiger charge is -2.12. The third-order valence-corrected chi connectivity index (χ3v) is 4.04. The molecule has 0 radical (unpaired) electrons. The number of anilines is 1. The van der Waals surface area contributed by atoms with E-state index in [1.54, 1.807) is 30.3 Å². The highest BCUT2D eigenvalue weighted by Crippen LogP contribution is 2.28. The molecule has 0 atom stereocenters. The first-order chi connectivity index (χ1) is 14.2. The van der Waals surface area contributed by atoms with Crippen molar-refractivity contribution in [2.75, 3.05) is 5.32 Å². The molecule has 0 spiro atoms. The van der Waals surface area contributed by atoms with Gasteiger partial charge in [0.1, 0.15) is 24.7 Å². The number of nitrogens with one attached hydrogen (secondary N) is 1. The molecule has 1 amide bonds. The van der Waals surface area contributed by atoms with Crippen LogP contribution in [0.5, 0.6) is 5.75 Å². The monoisotopic (exact) mass is 420 g/mol. The van der Waals surface area contributed by atoms with Gasteiger partial charge in [-0.2, -0.15) is 13.2 Å². The lowest BCUT2D eigenvalue weighted by atomic mass is 10.2. The number of hydrogen-bond donors (Lipinski definition) is 1. The zero-order valence-electron chi connectivity index (χ0n) is 15.4. The lowest BCUT2D eigenvalue weighted by Crippen LogP contribution is -2.28. The van der Waals surface area contributed by atoms with Crippen molar-refractivity contribution in [2.24, 2.45) is 0 Å². The average Bonchev–Trinajstić information content (AvgIpc) is 2.67. The number of ether oxygens (including phenoxy) is 1. The maximum Gasteiger partial charge on any atom is 0.417 e. The van der Waals surface area contributed by atoms with Gasteiger partial charge in [-0.25, -0.2) is 4.39 Å². The molecule has 0 fully saturated rings. The van der Waals surface area contributed by atoms with Crippen LogP contribution >= 0.6 is 0 Å². The van der Waals surface area contributed by atoms with E-state index in [1.807, 2.05) is 0 Å². The topological polar surface area (TPSA) is 60.3 Å². The third kappa shape index (κ3) is 5.69. The summed E-state index contributed by atoms with van der Waals surface area (Å²) in [6.07, 6.45) is -4.02. The Bertz CT molecular complexity index is 1110. The minimum absolute atomic E-state index is 0.111. The normalized spacial score (nSPS) is 11.2. The van der Waals surface area contributed by atoms with Gasteiger partial charge in [0.05, 0.1) is 5.56 Å². The molecular formula is C21H16F4N2O3. The minimum Gasteiger partial charge on any atom is -0.489 e. The van der Waals surface area contributed by atoms with Crippen LogP contribution in [0, 0.1) is 5.82 Å². The number of pyridine rings is 1. The Morgan fingerprint density at radius 1 is 1.03 bits per heavy atom. The van der Waals surface area contributed by atoms with Crippen molar-refractivity contribution in [2.45, 2.75) is 19.3 Å². The summed E-state index contributed by atoms with van der Waals surface area (Å²) < 4.78 is 57.7. The molecule has 5 nitrogen and oxygen atoms in total. The van der Waals surface area contributed by atoms with Crippen LogP contribution in [0.2, 0.25) is 0 Å². The van der Waals surface area contributed by atoms with Crippen LogP contribution in [0.4, 0.5) is 23.2 Å². The first-order valence-electron chi connectivity index (χ1n) is 8.75. The summed E-state index contributed by atoms with van der Waals surface area (Å²) in [5.41, 5.74) is -0.699. The predicted molar refractivity (Wildman–Crippen MR) is 102 cm³/mol. The number of aromatic nitrogens is 1. The van der Waals surface area contributed by atoms with Crippen LogP contribution < -0.4 is 15.6 Å². The van der Waals surface area contributed by atoms with E-state index in [0.29, 0.717) is 33.8 Å². The second-order valence-corrected chi connectivity index (χ2v) is 6.38. The van der Waals surface area contributed by atoms with Gasteiger partial charge in [-0.15, -0.1) is 0 Å². The summed E-state index contributed by atoms with van der Waals surface area (Å²) in [5, 5.41) is 2.53. The Morgan fingerprint density at radius 3 is 2.53 bits per heavy atom. The Labute approximate surface area is 168 Å². The standard InChI is InChI=1S/C21H16F4N2O3/c22-16-4-2-6-18(10-16)30-13-14-3-1-5-17(9-14)26-19(28)12-27-11-15(21(23,24)25)7-8-20(27)29/h1-11H,12-13H2,(H,26,28). The van der Waals surface area contributed by atoms with Gasteiger partial charge in [0.25, 0.3) is 5.56 Å².